The minimum absolute atomic E-state index is 0.370. The molecule has 2 aromatic heterocycles. The van der Waals surface area contributed by atoms with Gasteiger partial charge >= 0.3 is 5.97 Å². The van der Waals surface area contributed by atoms with Crippen molar-refractivity contribution in [3.05, 3.63) is 23.0 Å². The number of pyridine rings is 1. The van der Waals surface area contributed by atoms with Crippen LogP contribution >= 0.6 is 0 Å². The number of methoxy groups -OCH3 is 1. The number of ether oxygens (including phenoxy) is 1. The van der Waals surface area contributed by atoms with E-state index in [9.17, 15) is 4.79 Å². The summed E-state index contributed by atoms with van der Waals surface area (Å²) in [6.45, 7) is 1.79. The minimum Gasteiger partial charge on any atom is -0.465 e. The second-order valence-corrected chi connectivity index (χ2v) is 4.31. The maximum absolute atomic E-state index is 11.8. The summed E-state index contributed by atoms with van der Waals surface area (Å²) < 4.78 is 9.92. The van der Waals surface area contributed by atoms with Crippen LogP contribution in [0.25, 0.3) is 11.1 Å². The maximum Gasteiger partial charge on any atom is 0.338 e. The van der Waals surface area contributed by atoms with E-state index in [0.29, 0.717) is 28.3 Å². The third kappa shape index (κ3) is 1.58. The van der Waals surface area contributed by atoms with Crippen LogP contribution in [0.3, 0.4) is 0 Å². The number of fused-ring (bicyclic) bond motifs is 1. The molecule has 2 heterocycles. The van der Waals surface area contributed by atoms with Gasteiger partial charge in [0.25, 0.3) is 5.71 Å². The van der Waals surface area contributed by atoms with Gasteiger partial charge < -0.3 is 9.26 Å². The van der Waals surface area contributed by atoms with Gasteiger partial charge in [0.1, 0.15) is 0 Å². The Balaban J connectivity index is 2.26. The van der Waals surface area contributed by atoms with Crippen LogP contribution in [0.4, 0.5) is 0 Å². The highest BCUT2D eigenvalue weighted by atomic mass is 16.5. The normalized spacial score (nSPS) is 15.2. The summed E-state index contributed by atoms with van der Waals surface area (Å²) in [5, 5.41) is 4.50. The van der Waals surface area contributed by atoms with Crippen molar-refractivity contribution in [1.82, 2.24) is 10.1 Å². The molecular weight excluding hydrogens is 220 g/mol. The van der Waals surface area contributed by atoms with Gasteiger partial charge in [-0.2, -0.15) is 0 Å². The molecule has 88 valence electrons. The highest BCUT2D eigenvalue weighted by Gasteiger charge is 2.28. The fraction of sp³-hybridized carbons (Fsp3) is 0.417. The molecule has 0 saturated heterocycles. The van der Waals surface area contributed by atoms with E-state index >= 15 is 0 Å². The molecule has 3 rings (SSSR count). The molecule has 1 fully saturated rings. The smallest absolute Gasteiger partial charge is 0.338 e. The summed E-state index contributed by atoms with van der Waals surface area (Å²) in [7, 11) is 1.37. The van der Waals surface area contributed by atoms with E-state index < -0.39 is 0 Å². The van der Waals surface area contributed by atoms with Crippen molar-refractivity contribution >= 4 is 17.1 Å². The molecule has 0 aliphatic heterocycles. The first kappa shape index (κ1) is 10.3. The molecule has 0 spiro atoms. The monoisotopic (exact) mass is 232 g/mol. The zero-order chi connectivity index (χ0) is 12.0. The number of rotatable bonds is 2. The Morgan fingerprint density at radius 1 is 1.53 bits per heavy atom. The minimum atomic E-state index is -0.370. The van der Waals surface area contributed by atoms with Gasteiger partial charge in [0.05, 0.1) is 23.8 Å². The molecule has 2 aromatic rings. The summed E-state index contributed by atoms with van der Waals surface area (Å²) in [6.07, 6.45) is 2.23. The standard InChI is InChI=1S/C12H12N2O3/c1-6-10-8(12(15)16-2)5-9(7-3-4-7)13-11(10)17-14-6/h5,7H,3-4H2,1-2H3. The zero-order valence-corrected chi connectivity index (χ0v) is 9.69. The first-order valence-corrected chi connectivity index (χ1v) is 5.56. The third-order valence-corrected chi connectivity index (χ3v) is 3.04. The van der Waals surface area contributed by atoms with Crippen molar-refractivity contribution in [2.24, 2.45) is 0 Å². The van der Waals surface area contributed by atoms with Crippen molar-refractivity contribution in [3.8, 4) is 0 Å². The molecule has 1 aliphatic rings. The Morgan fingerprint density at radius 3 is 2.94 bits per heavy atom. The number of nitrogens with zero attached hydrogens (tertiary/aromatic N) is 2. The van der Waals surface area contributed by atoms with Crippen LogP contribution in [0.2, 0.25) is 0 Å². The number of aromatic nitrogens is 2. The zero-order valence-electron chi connectivity index (χ0n) is 9.69. The molecule has 0 amide bonds. The number of esters is 1. The number of carbonyl (C=O) groups excluding carboxylic acids is 1. The van der Waals surface area contributed by atoms with E-state index in [-0.39, 0.29) is 5.97 Å². The second kappa shape index (κ2) is 3.55. The highest BCUT2D eigenvalue weighted by molar-refractivity contribution is 6.03. The van der Waals surface area contributed by atoms with Crippen molar-refractivity contribution in [1.29, 1.82) is 0 Å². The molecule has 17 heavy (non-hydrogen) atoms. The number of carbonyl (C=O) groups is 1. The van der Waals surface area contributed by atoms with Crippen molar-refractivity contribution in [3.63, 3.8) is 0 Å². The summed E-state index contributed by atoms with van der Waals surface area (Å²) in [5.41, 5.74) is 2.48. The van der Waals surface area contributed by atoms with Crippen molar-refractivity contribution < 1.29 is 14.1 Å². The molecule has 1 aliphatic carbocycles. The van der Waals surface area contributed by atoms with Crippen LogP contribution in [0.15, 0.2) is 10.6 Å². The van der Waals surface area contributed by atoms with Crippen molar-refractivity contribution in [2.45, 2.75) is 25.7 Å². The van der Waals surface area contributed by atoms with E-state index in [0.717, 1.165) is 18.5 Å². The lowest BCUT2D eigenvalue weighted by atomic mass is 10.1. The first-order chi connectivity index (χ1) is 8.20. The quantitative estimate of drug-likeness (QED) is 0.742. The third-order valence-electron chi connectivity index (χ3n) is 3.04. The van der Waals surface area contributed by atoms with E-state index in [4.69, 9.17) is 9.26 Å². The van der Waals surface area contributed by atoms with Crippen LogP contribution in [0.1, 0.15) is 40.5 Å². The van der Waals surface area contributed by atoms with Gasteiger partial charge in [-0.1, -0.05) is 5.16 Å². The Bertz CT molecular complexity index is 599. The van der Waals surface area contributed by atoms with Gasteiger partial charge in [-0.25, -0.2) is 9.78 Å². The van der Waals surface area contributed by atoms with Gasteiger partial charge in [0.2, 0.25) is 0 Å². The molecular formula is C12H12N2O3. The maximum atomic E-state index is 11.8. The van der Waals surface area contributed by atoms with Gasteiger partial charge in [0, 0.05) is 11.6 Å². The SMILES string of the molecule is COC(=O)c1cc(C2CC2)nc2onc(C)c12. The molecule has 0 aromatic carbocycles. The summed E-state index contributed by atoms with van der Waals surface area (Å²) in [5.74, 6) is 0.0822. The summed E-state index contributed by atoms with van der Waals surface area (Å²) >= 11 is 0. The summed E-state index contributed by atoms with van der Waals surface area (Å²) in [6, 6.07) is 1.80. The van der Waals surface area contributed by atoms with Gasteiger partial charge in [-0.15, -0.1) is 0 Å². The number of hydrogen-bond acceptors (Lipinski definition) is 5. The molecule has 1 saturated carbocycles. The van der Waals surface area contributed by atoms with E-state index in [1.54, 1.807) is 13.0 Å². The molecule has 0 bridgehead atoms. The molecule has 5 nitrogen and oxygen atoms in total. The van der Waals surface area contributed by atoms with Gasteiger partial charge in [-0.05, 0) is 25.8 Å². The van der Waals surface area contributed by atoms with Gasteiger partial charge in [-0.3, -0.25) is 0 Å². The number of hydrogen-bond donors (Lipinski definition) is 0. The van der Waals surface area contributed by atoms with Crippen LogP contribution in [0, 0.1) is 6.92 Å². The molecule has 5 heteroatoms. The second-order valence-electron chi connectivity index (χ2n) is 4.31. The lowest BCUT2D eigenvalue weighted by Gasteiger charge is -2.03. The Labute approximate surface area is 97.8 Å². The molecule has 0 atom stereocenters. The fourth-order valence-electron chi connectivity index (χ4n) is 1.97. The molecule has 0 radical (unpaired) electrons. The molecule has 0 N–H and O–H groups in total. The predicted molar refractivity (Wildman–Crippen MR) is 59.9 cm³/mol. The Kier molecular flexibility index (Phi) is 2.14. The van der Waals surface area contributed by atoms with Crippen molar-refractivity contribution in [2.75, 3.05) is 7.11 Å². The Hall–Kier alpha value is -1.91. The lowest BCUT2D eigenvalue weighted by Crippen LogP contribution is -2.04. The Morgan fingerprint density at radius 2 is 2.29 bits per heavy atom. The van der Waals surface area contributed by atoms with Crippen LogP contribution in [-0.4, -0.2) is 23.2 Å². The van der Waals surface area contributed by atoms with E-state index in [1.807, 2.05) is 0 Å². The number of aryl methyl sites for hydroxylation is 1. The molecule has 0 unspecified atom stereocenters. The largest absolute Gasteiger partial charge is 0.465 e. The average Bonchev–Trinajstić information content (AvgIpc) is 3.13. The first-order valence-electron chi connectivity index (χ1n) is 5.56. The van der Waals surface area contributed by atoms with Gasteiger partial charge in [0.15, 0.2) is 0 Å². The van der Waals surface area contributed by atoms with E-state index in [2.05, 4.69) is 10.1 Å². The fourth-order valence-corrected chi connectivity index (χ4v) is 1.97. The average molecular weight is 232 g/mol. The lowest BCUT2D eigenvalue weighted by molar-refractivity contribution is 0.0602. The highest BCUT2D eigenvalue weighted by Crippen LogP contribution is 2.40. The van der Waals surface area contributed by atoms with Crippen LogP contribution < -0.4 is 0 Å². The van der Waals surface area contributed by atoms with E-state index in [1.165, 1.54) is 7.11 Å². The topological polar surface area (TPSA) is 65.2 Å². The van der Waals surface area contributed by atoms with Crippen LogP contribution in [0.5, 0.6) is 0 Å². The van der Waals surface area contributed by atoms with Crippen LogP contribution in [-0.2, 0) is 4.74 Å². The predicted octanol–water partition coefficient (Wildman–Crippen LogP) is 2.20. The summed E-state index contributed by atoms with van der Waals surface area (Å²) in [4.78, 5) is 16.2.